The quantitative estimate of drug-likeness (QED) is 0.591. The van der Waals surface area contributed by atoms with Crippen molar-refractivity contribution in [2.24, 2.45) is 0 Å². The third-order valence-electron chi connectivity index (χ3n) is 2.48. The van der Waals surface area contributed by atoms with Crippen LogP contribution in [0.4, 0.5) is 4.39 Å². The molecule has 0 aliphatic rings. The lowest BCUT2D eigenvalue weighted by atomic mass is 10.2. The molecule has 0 spiro atoms. The van der Waals surface area contributed by atoms with Gasteiger partial charge in [0.15, 0.2) is 0 Å². The molecule has 4 nitrogen and oxygen atoms in total. The molecule has 1 amide bonds. The van der Waals surface area contributed by atoms with E-state index in [2.05, 4.69) is 4.98 Å². The maximum Gasteiger partial charge on any atom is 0.255 e. The van der Waals surface area contributed by atoms with Gasteiger partial charge in [-0.1, -0.05) is 11.6 Å². The van der Waals surface area contributed by atoms with Gasteiger partial charge >= 0.3 is 0 Å². The molecule has 0 fully saturated rings. The number of carbonyl (C=O) groups excluding carboxylic acids is 1. The van der Waals surface area contributed by atoms with E-state index < -0.39 is 5.95 Å². The Morgan fingerprint density at radius 2 is 2.28 bits per heavy atom. The predicted molar refractivity (Wildman–Crippen MR) is 67.3 cm³/mol. The largest absolute Gasteiger partial charge is 0.385 e. The molecule has 1 rings (SSSR count). The van der Waals surface area contributed by atoms with Gasteiger partial charge in [-0.25, -0.2) is 4.98 Å². The van der Waals surface area contributed by atoms with Crippen molar-refractivity contribution in [3.8, 4) is 0 Å². The monoisotopic (exact) mass is 274 g/mol. The van der Waals surface area contributed by atoms with E-state index in [9.17, 15) is 9.18 Å². The van der Waals surface area contributed by atoms with Crippen molar-refractivity contribution in [1.29, 1.82) is 0 Å². The zero-order valence-corrected chi connectivity index (χ0v) is 11.2. The van der Waals surface area contributed by atoms with Crippen LogP contribution in [0, 0.1) is 5.95 Å². The Bertz CT molecular complexity index is 415. The molecule has 0 bridgehead atoms. The van der Waals surface area contributed by atoms with Gasteiger partial charge in [-0.3, -0.25) is 4.79 Å². The van der Waals surface area contributed by atoms with Crippen molar-refractivity contribution >= 4 is 17.5 Å². The van der Waals surface area contributed by atoms with E-state index in [4.69, 9.17) is 16.3 Å². The topological polar surface area (TPSA) is 42.4 Å². The number of rotatable bonds is 6. The minimum Gasteiger partial charge on any atom is -0.385 e. The van der Waals surface area contributed by atoms with E-state index in [0.29, 0.717) is 13.2 Å². The SMILES string of the molecule is COCCCCN(C)C(=O)c1cnc(F)c(Cl)c1. The summed E-state index contributed by atoms with van der Waals surface area (Å²) in [5, 5.41) is -0.145. The van der Waals surface area contributed by atoms with Crippen LogP contribution >= 0.6 is 11.6 Å². The van der Waals surface area contributed by atoms with Crippen LogP contribution in [0.25, 0.3) is 0 Å². The Balaban J connectivity index is 2.54. The first-order valence-electron chi connectivity index (χ1n) is 5.61. The standard InChI is InChI=1S/C12H16ClFN2O2/c1-16(5-3-4-6-18-2)12(17)9-7-10(13)11(14)15-8-9/h7-8H,3-6H2,1-2H3. The van der Waals surface area contributed by atoms with Crippen LogP contribution in [-0.2, 0) is 4.74 Å². The second kappa shape index (κ2) is 7.28. The molecule has 100 valence electrons. The summed E-state index contributed by atoms with van der Waals surface area (Å²) < 4.78 is 17.8. The molecule has 0 aliphatic heterocycles. The lowest BCUT2D eigenvalue weighted by Gasteiger charge is -2.16. The minimum atomic E-state index is -0.768. The van der Waals surface area contributed by atoms with Crippen LogP contribution in [0.15, 0.2) is 12.3 Å². The first kappa shape index (κ1) is 14.9. The molecule has 1 aromatic heterocycles. The molecule has 0 N–H and O–H groups in total. The molecular weight excluding hydrogens is 259 g/mol. The van der Waals surface area contributed by atoms with Gasteiger partial charge < -0.3 is 9.64 Å². The van der Waals surface area contributed by atoms with Crippen LogP contribution in [0.5, 0.6) is 0 Å². The zero-order valence-electron chi connectivity index (χ0n) is 10.4. The van der Waals surface area contributed by atoms with Crippen molar-refractivity contribution in [1.82, 2.24) is 9.88 Å². The van der Waals surface area contributed by atoms with Crippen molar-refractivity contribution in [2.75, 3.05) is 27.3 Å². The number of hydrogen-bond acceptors (Lipinski definition) is 3. The van der Waals surface area contributed by atoms with Crippen molar-refractivity contribution in [3.63, 3.8) is 0 Å². The van der Waals surface area contributed by atoms with Crippen LogP contribution in [0.3, 0.4) is 0 Å². The first-order chi connectivity index (χ1) is 8.56. The number of halogens is 2. The van der Waals surface area contributed by atoms with Crippen molar-refractivity contribution < 1.29 is 13.9 Å². The van der Waals surface area contributed by atoms with Crippen molar-refractivity contribution in [2.45, 2.75) is 12.8 Å². The van der Waals surface area contributed by atoms with Crippen LogP contribution < -0.4 is 0 Å². The van der Waals surface area contributed by atoms with Gasteiger partial charge in [0.2, 0.25) is 5.95 Å². The van der Waals surface area contributed by atoms with Gasteiger partial charge in [-0.15, -0.1) is 0 Å². The maximum atomic E-state index is 12.9. The summed E-state index contributed by atoms with van der Waals surface area (Å²) in [7, 11) is 3.33. The van der Waals surface area contributed by atoms with E-state index in [0.717, 1.165) is 12.8 Å². The summed E-state index contributed by atoms with van der Waals surface area (Å²) in [5.74, 6) is -0.988. The second-order valence-corrected chi connectivity index (χ2v) is 4.33. The molecule has 1 heterocycles. The number of carbonyl (C=O) groups is 1. The molecule has 0 atom stereocenters. The zero-order chi connectivity index (χ0) is 13.5. The summed E-state index contributed by atoms with van der Waals surface area (Å²) in [6, 6.07) is 1.29. The normalized spacial score (nSPS) is 10.4. The molecule has 0 saturated heterocycles. The van der Waals surface area contributed by atoms with E-state index >= 15 is 0 Å². The summed E-state index contributed by atoms with van der Waals surface area (Å²) in [5.41, 5.74) is 0.288. The number of unbranched alkanes of at least 4 members (excludes halogenated alkanes) is 1. The average molecular weight is 275 g/mol. The fraction of sp³-hybridized carbons (Fsp3) is 0.500. The summed E-state index contributed by atoms with van der Waals surface area (Å²) in [6.07, 6.45) is 2.92. The molecule has 0 aliphatic carbocycles. The van der Waals surface area contributed by atoms with Crippen LogP contribution in [-0.4, -0.2) is 43.1 Å². The fourth-order valence-electron chi connectivity index (χ4n) is 1.46. The first-order valence-corrected chi connectivity index (χ1v) is 5.99. The average Bonchev–Trinajstić information content (AvgIpc) is 2.37. The number of aromatic nitrogens is 1. The van der Waals surface area contributed by atoms with Gasteiger partial charge in [-0.2, -0.15) is 4.39 Å². The highest BCUT2D eigenvalue weighted by molar-refractivity contribution is 6.30. The number of methoxy groups -OCH3 is 1. The summed E-state index contributed by atoms with van der Waals surface area (Å²) in [4.78, 5) is 16.9. The number of pyridine rings is 1. The van der Waals surface area contributed by atoms with Crippen LogP contribution in [0.1, 0.15) is 23.2 Å². The van der Waals surface area contributed by atoms with Gasteiger partial charge in [0.05, 0.1) is 10.6 Å². The smallest absolute Gasteiger partial charge is 0.255 e. The Kier molecular flexibility index (Phi) is 6.01. The minimum absolute atomic E-state index is 0.145. The second-order valence-electron chi connectivity index (χ2n) is 3.92. The molecule has 0 unspecified atom stereocenters. The van der Waals surface area contributed by atoms with Gasteiger partial charge in [0.25, 0.3) is 5.91 Å². The summed E-state index contributed by atoms with van der Waals surface area (Å²) in [6.45, 7) is 1.28. The van der Waals surface area contributed by atoms with E-state index in [1.54, 1.807) is 19.1 Å². The van der Waals surface area contributed by atoms with Gasteiger partial charge in [0, 0.05) is 33.5 Å². The van der Waals surface area contributed by atoms with E-state index in [1.165, 1.54) is 12.3 Å². The molecular formula is C12H16ClFN2O2. The van der Waals surface area contributed by atoms with Gasteiger partial charge in [0.1, 0.15) is 0 Å². The Labute approximate surface area is 111 Å². The Morgan fingerprint density at radius 3 is 2.89 bits per heavy atom. The fourth-order valence-corrected chi connectivity index (χ4v) is 1.62. The molecule has 18 heavy (non-hydrogen) atoms. The highest BCUT2D eigenvalue weighted by Crippen LogP contribution is 2.14. The molecule has 1 aromatic rings. The third kappa shape index (κ3) is 4.23. The number of hydrogen-bond donors (Lipinski definition) is 0. The number of nitrogens with zero attached hydrogens (tertiary/aromatic N) is 2. The molecule has 0 aromatic carbocycles. The Hall–Kier alpha value is -1.20. The number of amides is 1. The van der Waals surface area contributed by atoms with Crippen molar-refractivity contribution in [3.05, 3.63) is 28.8 Å². The molecule has 0 saturated carbocycles. The lowest BCUT2D eigenvalue weighted by molar-refractivity contribution is 0.0788. The predicted octanol–water partition coefficient (Wildman–Crippen LogP) is 2.37. The van der Waals surface area contributed by atoms with Gasteiger partial charge in [-0.05, 0) is 18.9 Å². The highest BCUT2D eigenvalue weighted by atomic mass is 35.5. The summed E-state index contributed by atoms with van der Waals surface area (Å²) >= 11 is 5.58. The molecule has 0 radical (unpaired) electrons. The van der Waals surface area contributed by atoms with E-state index in [-0.39, 0.29) is 16.5 Å². The highest BCUT2D eigenvalue weighted by Gasteiger charge is 2.13. The Morgan fingerprint density at radius 1 is 1.56 bits per heavy atom. The lowest BCUT2D eigenvalue weighted by Crippen LogP contribution is -2.28. The van der Waals surface area contributed by atoms with E-state index in [1.807, 2.05) is 0 Å². The van der Waals surface area contributed by atoms with Crippen LogP contribution in [0.2, 0.25) is 5.02 Å². The maximum absolute atomic E-state index is 12.9. The third-order valence-corrected chi connectivity index (χ3v) is 2.75. The molecule has 6 heteroatoms. The number of ether oxygens (including phenoxy) is 1.